The molecule has 2 bridgehead atoms. The molecule has 2 aliphatic carbocycles. The molecular weight excluding hydrogens is 332 g/mol. The fraction of sp³-hybridized carbons (Fsp3) is 0.450. The number of rotatable bonds is 6. The third-order valence-corrected chi connectivity index (χ3v) is 5.49. The number of amides is 3. The predicted octanol–water partition coefficient (Wildman–Crippen LogP) is 2.22. The number of nitrogens with one attached hydrogen (secondary N) is 1. The van der Waals surface area contributed by atoms with Gasteiger partial charge in [-0.05, 0) is 36.8 Å². The number of para-hydroxylation sites is 2. The van der Waals surface area contributed by atoms with E-state index in [1.807, 2.05) is 25.1 Å². The van der Waals surface area contributed by atoms with Crippen LogP contribution in [0.2, 0.25) is 0 Å². The van der Waals surface area contributed by atoms with Crippen molar-refractivity contribution in [1.29, 1.82) is 0 Å². The summed E-state index contributed by atoms with van der Waals surface area (Å²) in [5.74, 6) is -0.461. The van der Waals surface area contributed by atoms with Crippen molar-refractivity contribution in [2.45, 2.75) is 19.8 Å². The summed E-state index contributed by atoms with van der Waals surface area (Å²) in [6.45, 7) is 2.31. The molecule has 6 heteroatoms. The van der Waals surface area contributed by atoms with Crippen molar-refractivity contribution in [1.82, 2.24) is 4.90 Å². The van der Waals surface area contributed by atoms with E-state index in [0.29, 0.717) is 18.0 Å². The number of anilines is 1. The summed E-state index contributed by atoms with van der Waals surface area (Å²) < 4.78 is 5.63. The highest BCUT2D eigenvalue weighted by Crippen LogP contribution is 2.52. The van der Waals surface area contributed by atoms with E-state index in [1.165, 1.54) is 0 Å². The topological polar surface area (TPSA) is 75.7 Å². The first-order valence-electron chi connectivity index (χ1n) is 9.15. The summed E-state index contributed by atoms with van der Waals surface area (Å²) >= 11 is 0. The largest absolute Gasteiger partial charge is 0.491 e. The molecule has 3 aliphatic rings. The van der Waals surface area contributed by atoms with Gasteiger partial charge in [0.1, 0.15) is 12.3 Å². The quantitative estimate of drug-likeness (QED) is 0.628. The molecule has 4 rings (SSSR count). The first kappa shape index (κ1) is 16.8. The number of benzene rings is 1. The van der Waals surface area contributed by atoms with E-state index in [0.717, 1.165) is 17.7 Å². The molecule has 1 saturated carbocycles. The monoisotopic (exact) mass is 354 g/mol. The van der Waals surface area contributed by atoms with Gasteiger partial charge in [-0.1, -0.05) is 31.2 Å². The number of carbonyl (C=O) groups is 3. The normalized spacial score (nSPS) is 28.6. The van der Waals surface area contributed by atoms with Gasteiger partial charge >= 0.3 is 0 Å². The lowest BCUT2D eigenvalue weighted by atomic mass is 9.85. The van der Waals surface area contributed by atoms with Crippen LogP contribution in [-0.2, 0) is 14.4 Å². The zero-order valence-electron chi connectivity index (χ0n) is 14.7. The van der Waals surface area contributed by atoms with Gasteiger partial charge in [-0.15, -0.1) is 0 Å². The molecular formula is C20H22N2O4. The van der Waals surface area contributed by atoms with Crippen molar-refractivity contribution < 1.29 is 19.1 Å². The van der Waals surface area contributed by atoms with E-state index in [1.54, 1.807) is 18.2 Å². The van der Waals surface area contributed by atoms with Gasteiger partial charge in [0.25, 0.3) is 0 Å². The number of carbonyl (C=O) groups excluding carboxylic acids is 3. The number of hydrogen-bond donors (Lipinski definition) is 1. The van der Waals surface area contributed by atoms with Gasteiger partial charge in [0.15, 0.2) is 0 Å². The summed E-state index contributed by atoms with van der Waals surface area (Å²) in [7, 11) is 0. The highest BCUT2D eigenvalue weighted by Gasteiger charge is 2.59. The maximum atomic E-state index is 12.6. The molecule has 4 atom stereocenters. The van der Waals surface area contributed by atoms with Crippen molar-refractivity contribution in [3.8, 4) is 5.75 Å². The molecule has 0 spiro atoms. The molecule has 1 aliphatic heterocycles. The van der Waals surface area contributed by atoms with Crippen LogP contribution >= 0.6 is 0 Å². The zero-order chi connectivity index (χ0) is 18.3. The van der Waals surface area contributed by atoms with Crippen molar-refractivity contribution in [2.24, 2.45) is 23.7 Å². The van der Waals surface area contributed by atoms with Crippen LogP contribution in [0.15, 0.2) is 36.4 Å². The van der Waals surface area contributed by atoms with Crippen LogP contribution in [0.4, 0.5) is 5.69 Å². The average Bonchev–Trinajstić information content (AvgIpc) is 3.31. The van der Waals surface area contributed by atoms with Crippen molar-refractivity contribution in [2.75, 3.05) is 18.5 Å². The van der Waals surface area contributed by atoms with Gasteiger partial charge in [0.05, 0.1) is 24.1 Å². The standard InChI is InChI=1S/C20H22N2O4/c1-2-9-26-15-6-4-3-5-14(15)21-16(23)11-22-19(24)17-12-7-8-13(10-12)18(17)20(22)25/h3-8,12-13,17-18H,2,9-11H2,1H3,(H,21,23). The minimum Gasteiger partial charge on any atom is -0.491 e. The maximum Gasteiger partial charge on any atom is 0.244 e. The van der Waals surface area contributed by atoms with Crippen LogP contribution in [0, 0.1) is 23.7 Å². The maximum absolute atomic E-state index is 12.6. The molecule has 1 aromatic rings. The Balaban J connectivity index is 1.43. The summed E-state index contributed by atoms with van der Waals surface area (Å²) in [6, 6.07) is 7.16. The Bertz CT molecular complexity index is 758. The number of nitrogens with zero attached hydrogens (tertiary/aromatic N) is 1. The van der Waals surface area contributed by atoms with Gasteiger partial charge in [0, 0.05) is 0 Å². The number of likely N-dealkylation sites (tertiary alicyclic amines) is 1. The number of allylic oxidation sites excluding steroid dienone is 2. The van der Waals surface area contributed by atoms with Crippen LogP contribution in [0.5, 0.6) is 5.75 Å². The summed E-state index contributed by atoms with van der Waals surface area (Å²) in [5, 5.41) is 2.77. The number of ether oxygens (including phenoxy) is 1. The van der Waals surface area contributed by atoms with Crippen LogP contribution < -0.4 is 10.1 Å². The first-order chi connectivity index (χ1) is 12.6. The molecule has 1 heterocycles. The SMILES string of the molecule is CCCOc1ccccc1NC(=O)CN1C(=O)C2C3C=CC(C3)C2C1=O. The second kappa shape index (κ2) is 6.59. The van der Waals surface area contributed by atoms with Crippen molar-refractivity contribution in [3.05, 3.63) is 36.4 Å². The van der Waals surface area contributed by atoms with Gasteiger partial charge < -0.3 is 10.1 Å². The van der Waals surface area contributed by atoms with Gasteiger partial charge in [-0.25, -0.2) is 0 Å². The Morgan fingerprint density at radius 3 is 2.46 bits per heavy atom. The summed E-state index contributed by atoms with van der Waals surface area (Å²) in [5.41, 5.74) is 0.548. The minimum atomic E-state index is -0.389. The van der Waals surface area contributed by atoms with Crippen LogP contribution in [0.25, 0.3) is 0 Å². The molecule has 136 valence electrons. The van der Waals surface area contributed by atoms with Gasteiger partial charge in [-0.3, -0.25) is 19.3 Å². The Morgan fingerprint density at radius 2 is 1.81 bits per heavy atom. The second-order valence-electron chi connectivity index (χ2n) is 7.16. The van der Waals surface area contributed by atoms with E-state index in [-0.39, 0.29) is 47.9 Å². The molecule has 1 saturated heterocycles. The van der Waals surface area contributed by atoms with Crippen LogP contribution in [-0.4, -0.2) is 35.8 Å². The Morgan fingerprint density at radius 1 is 1.15 bits per heavy atom. The lowest BCUT2D eigenvalue weighted by molar-refractivity contribution is -0.143. The number of hydrogen-bond acceptors (Lipinski definition) is 4. The smallest absolute Gasteiger partial charge is 0.244 e. The van der Waals surface area contributed by atoms with Gasteiger partial charge in [-0.2, -0.15) is 0 Å². The summed E-state index contributed by atoms with van der Waals surface area (Å²) in [6.07, 6.45) is 5.83. The van der Waals surface area contributed by atoms with E-state index < -0.39 is 0 Å². The minimum absolute atomic E-state index is 0.151. The lowest BCUT2D eigenvalue weighted by Gasteiger charge is -2.17. The molecule has 3 amide bonds. The number of fused-ring (bicyclic) bond motifs is 5. The van der Waals surface area contributed by atoms with Crippen molar-refractivity contribution in [3.63, 3.8) is 0 Å². The van der Waals surface area contributed by atoms with Crippen LogP contribution in [0.1, 0.15) is 19.8 Å². The molecule has 6 nitrogen and oxygen atoms in total. The first-order valence-corrected chi connectivity index (χ1v) is 9.15. The Hall–Kier alpha value is -2.63. The average molecular weight is 354 g/mol. The van der Waals surface area contributed by atoms with Crippen molar-refractivity contribution >= 4 is 23.4 Å². The third-order valence-electron chi connectivity index (χ3n) is 5.49. The highest BCUT2D eigenvalue weighted by molar-refractivity contribution is 6.09. The van der Waals surface area contributed by atoms with E-state index >= 15 is 0 Å². The van der Waals surface area contributed by atoms with E-state index in [2.05, 4.69) is 5.32 Å². The Kier molecular flexibility index (Phi) is 4.26. The predicted molar refractivity (Wildman–Crippen MR) is 95.3 cm³/mol. The molecule has 1 N–H and O–H groups in total. The number of imide groups is 1. The molecule has 26 heavy (non-hydrogen) atoms. The van der Waals surface area contributed by atoms with E-state index in [9.17, 15) is 14.4 Å². The van der Waals surface area contributed by atoms with Crippen LogP contribution in [0.3, 0.4) is 0 Å². The second-order valence-corrected chi connectivity index (χ2v) is 7.16. The zero-order valence-corrected chi connectivity index (χ0v) is 14.7. The third kappa shape index (κ3) is 2.69. The highest BCUT2D eigenvalue weighted by atomic mass is 16.5. The fourth-order valence-electron chi connectivity index (χ4n) is 4.36. The fourth-order valence-corrected chi connectivity index (χ4v) is 4.36. The van der Waals surface area contributed by atoms with E-state index in [4.69, 9.17) is 4.74 Å². The summed E-state index contributed by atoms with van der Waals surface area (Å²) in [4.78, 5) is 38.9. The molecule has 0 radical (unpaired) electrons. The molecule has 0 aromatic heterocycles. The van der Waals surface area contributed by atoms with Gasteiger partial charge in [0.2, 0.25) is 17.7 Å². The molecule has 4 unspecified atom stereocenters. The Labute approximate surface area is 152 Å². The lowest BCUT2D eigenvalue weighted by Crippen LogP contribution is -2.39. The molecule has 1 aromatic carbocycles. The molecule has 2 fully saturated rings.